The van der Waals surface area contributed by atoms with E-state index in [4.69, 9.17) is 4.74 Å². The van der Waals surface area contributed by atoms with Gasteiger partial charge >= 0.3 is 5.97 Å². The number of ether oxygens (including phenoxy) is 1. The third kappa shape index (κ3) is 5.12. The highest BCUT2D eigenvalue weighted by Crippen LogP contribution is 2.36. The number of fused-ring (bicyclic) bond motifs is 1. The van der Waals surface area contributed by atoms with Gasteiger partial charge in [0.2, 0.25) is 11.8 Å². The fourth-order valence-corrected chi connectivity index (χ4v) is 4.65. The first-order chi connectivity index (χ1) is 16.3. The number of esters is 1. The molecule has 1 N–H and O–H groups in total. The van der Waals surface area contributed by atoms with Crippen molar-refractivity contribution >= 4 is 45.3 Å². The Morgan fingerprint density at radius 3 is 2.32 bits per heavy atom. The van der Waals surface area contributed by atoms with E-state index >= 15 is 0 Å². The number of carbonyl (C=O) groups is 4. The predicted molar refractivity (Wildman–Crippen MR) is 130 cm³/mol. The number of hydrogen-bond acceptors (Lipinski definition) is 5. The Hall–Kier alpha value is -3.26. The Morgan fingerprint density at radius 2 is 1.71 bits per heavy atom. The van der Waals surface area contributed by atoms with Crippen LogP contribution in [0.4, 0.5) is 5.69 Å². The van der Waals surface area contributed by atoms with E-state index < -0.39 is 36.4 Å². The Bertz CT molecular complexity index is 1120. The zero-order valence-electron chi connectivity index (χ0n) is 18.7. The van der Waals surface area contributed by atoms with Crippen LogP contribution in [0.15, 0.2) is 65.2 Å². The summed E-state index contributed by atoms with van der Waals surface area (Å²) in [6, 6.07) is 13.3. The highest BCUT2D eigenvalue weighted by molar-refractivity contribution is 9.10. The van der Waals surface area contributed by atoms with Crippen LogP contribution in [0.2, 0.25) is 0 Å². The van der Waals surface area contributed by atoms with E-state index in [2.05, 4.69) is 21.2 Å². The topological polar surface area (TPSA) is 92.8 Å². The Kier molecular flexibility index (Phi) is 7.26. The van der Waals surface area contributed by atoms with Crippen molar-refractivity contribution in [1.29, 1.82) is 0 Å². The van der Waals surface area contributed by atoms with Crippen LogP contribution in [0.3, 0.4) is 0 Å². The molecule has 0 unspecified atom stereocenters. The van der Waals surface area contributed by atoms with E-state index in [1.165, 1.54) is 0 Å². The van der Waals surface area contributed by atoms with E-state index in [1.54, 1.807) is 12.1 Å². The Balaban J connectivity index is 1.48. The van der Waals surface area contributed by atoms with Gasteiger partial charge in [-0.1, -0.05) is 58.4 Å². The van der Waals surface area contributed by atoms with Gasteiger partial charge in [0.25, 0.3) is 5.91 Å². The summed E-state index contributed by atoms with van der Waals surface area (Å²) in [5.74, 6) is -2.90. The first kappa shape index (κ1) is 23.9. The minimum absolute atomic E-state index is 0.123. The van der Waals surface area contributed by atoms with Gasteiger partial charge in [-0.2, -0.15) is 0 Å². The second kappa shape index (κ2) is 10.3. The van der Waals surface area contributed by atoms with Crippen LogP contribution in [0.1, 0.15) is 24.0 Å². The number of rotatable bonds is 7. The van der Waals surface area contributed by atoms with Gasteiger partial charge < -0.3 is 10.1 Å². The zero-order valence-corrected chi connectivity index (χ0v) is 20.3. The molecule has 2 aliphatic rings. The molecule has 4 rings (SSSR count). The lowest BCUT2D eigenvalue weighted by atomic mass is 9.85. The summed E-state index contributed by atoms with van der Waals surface area (Å²) < 4.78 is 6.22. The number of anilines is 1. The van der Waals surface area contributed by atoms with Crippen LogP contribution in [0, 0.1) is 18.8 Å². The summed E-state index contributed by atoms with van der Waals surface area (Å²) >= 11 is 3.41. The van der Waals surface area contributed by atoms with Crippen molar-refractivity contribution in [2.75, 3.05) is 11.9 Å². The van der Waals surface area contributed by atoms with Crippen molar-refractivity contribution in [1.82, 2.24) is 4.90 Å². The molecule has 1 saturated heterocycles. The average Bonchev–Trinajstić information content (AvgIpc) is 3.09. The molecular formula is C26H25BrN2O5. The van der Waals surface area contributed by atoms with E-state index in [0.29, 0.717) is 18.5 Å². The molecule has 0 spiro atoms. The van der Waals surface area contributed by atoms with Gasteiger partial charge in [0, 0.05) is 16.6 Å². The van der Waals surface area contributed by atoms with Crippen molar-refractivity contribution in [2.45, 2.75) is 32.2 Å². The molecule has 0 saturated carbocycles. The Morgan fingerprint density at radius 1 is 1.06 bits per heavy atom. The van der Waals surface area contributed by atoms with E-state index in [0.717, 1.165) is 20.5 Å². The normalized spacial score (nSPS) is 20.1. The first-order valence-electron chi connectivity index (χ1n) is 11.1. The number of imide groups is 1. The number of carbonyl (C=O) groups excluding carboxylic acids is 4. The summed E-state index contributed by atoms with van der Waals surface area (Å²) in [5, 5.41) is 2.69. The van der Waals surface area contributed by atoms with Crippen molar-refractivity contribution in [2.24, 2.45) is 11.8 Å². The highest BCUT2D eigenvalue weighted by Gasteiger charge is 2.51. The van der Waals surface area contributed by atoms with Crippen LogP contribution in [-0.2, 0) is 30.3 Å². The summed E-state index contributed by atoms with van der Waals surface area (Å²) in [7, 11) is 0. The molecule has 34 heavy (non-hydrogen) atoms. The molecule has 8 heteroatoms. The van der Waals surface area contributed by atoms with Crippen LogP contribution < -0.4 is 5.32 Å². The maximum absolute atomic E-state index is 13.1. The highest BCUT2D eigenvalue weighted by atomic mass is 79.9. The number of hydrogen-bond donors (Lipinski definition) is 1. The molecule has 1 aliphatic heterocycles. The number of halogens is 1. The standard InChI is InChI=1S/C26H25BrN2O5/c1-16-13-18(11-12-21(16)27)28-23(30)15-34-26(33)22(14-17-7-3-2-4-8-17)29-24(31)19-9-5-6-10-20(19)25(29)32/h2-8,11-13,19-20,22H,9-10,14-15H2,1H3,(H,28,30)/t19-,20+,22-/m1/s1. The molecule has 0 aromatic heterocycles. The largest absolute Gasteiger partial charge is 0.454 e. The number of benzene rings is 2. The molecule has 3 amide bonds. The maximum Gasteiger partial charge on any atom is 0.330 e. The van der Waals surface area contributed by atoms with Crippen molar-refractivity contribution in [3.63, 3.8) is 0 Å². The van der Waals surface area contributed by atoms with Gasteiger partial charge in [-0.15, -0.1) is 0 Å². The van der Waals surface area contributed by atoms with Crippen molar-refractivity contribution < 1.29 is 23.9 Å². The minimum Gasteiger partial charge on any atom is -0.454 e. The summed E-state index contributed by atoms with van der Waals surface area (Å²) in [4.78, 5) is 52.8. The monoisotopic (exact) mass is 524 g/mol. The lowest BCUT2D eigenvalue weighted by Crippen LogP contribution is -2.48. The first-order valence-corrected chi connectivity index (χ1v) is 11.9. The zero-order chi connectivity index (χ0) is 24.2. The number of nitrogens with zero attached hydrogens (tertiary/aromatic N) is 1. The quantitative estimate of drug-likeness (QED) is 0.337. The van der Waals surface area contributed by atoms with Crippen LogP contribution in [0.5, 0.6) is 0 Å². The molecular weight excluding hydrogens is 500 g/mol. The summed E-state index contributed by atoms with van der Waals surface area (Å²) in [6.45, 7) is 1.37. The molecule has 2 aromatic carbocycles. The van der Waals surface area contributed by atoms with Gasteiger partial charge in [-0.05, 0) is 49.1 Å². The van der Waals surface area contributed by atoms with E-state index in [-0.39, 0.29) is 18.2 Å². The molecule has 1 fully saturated rings. The maximum atomic E-state index is 13.1. The number of aryl methyl sites for hydroxylation is 1. The smallest absolute Gasteiger partial charge is 0.330 e. The fourth-order valence-electron chi connectivity index (χ4n) is 4.40. The third-order valence-electron chi connectivity index (χ3n) is 6.18. The van der Waals surface area contributed by atoms with E-state index in [1.807, 2.05) is 55.5 Å². The summed E-state index contributed by atoms with van der Waals surface area (Å²) in [6.07, 6.45) is 4.88. The third-order valence-corrected chi connectivity index (χ3v) is 7.07. The minimum atomic E-state index is -1.13. The number of amides is 3. The van der Waals surface area contributed by atoms with Crippen molar-refractivity contribution in [3.8, 4) is 0 Å². The molecule has 176 valence electrons. The summed E-state index contributed by atoms with van der Waals surface area (Å²) in [5.41, 5.74) is 2.30. The van der Waals surface area contributed by atoms with Gasteiger partial charge in [0.1, 0.15) is 6.04 Å². The lowest BCUT2D eigenvalue weighted by molar-refractivity contribution is -0.159. The number of allylic oxidation sites excluding steroid dienone is 2. The van der Waals surface area contributed by atoms with Gasteiger partial charge in [0.15, 0.2) is 6.61 Å². The van der Waals surface area contributed by atoms with Gasteiger partial charge in [-0.3, -0.25) is 19.3 Å². The second-order valence-electron chi connectivity index (χ2n) is 8.53. The van der Waals surface area contributed by atoms with Crippen molar-refractivity contribution in [3.05, 3.63) is 76.3 Å². The molecule has 7 nitrogen and oxygen atoms in total. The SMILES string of the molecule is Cc1cc(NC(=O)COC(=O)[C@@H](Cc2ccccc2)N2C(=O)[C@H]3CC=CC[C@H]3C2=O)ccc1Br. The molecule has 0 radical (unpaired) electrons. The van der Waals surface area contributed by atoms with Crippen LogP contribution in [-0.4, -0.2) is 41.2 Å². The molecule has 3 atom stereocenters. The second-order valence-corrected chi connectivity index (χ2v) is 9.38. The molecule has 1 aliphatic carbocycles. The van der Waals surface area contributed by atoms with Crippen LogP contribution in [0.25, 0.3) is 0 Å². The van der Waals surface area contributed by atoms with Gasteiger partial charge in [-0.25, -0.2) is 4.79 Å². The average molecular weight is 525 g/mol. The van der Waals surface area contributed by atoms with Gasteiger partial charge in [0.05, 0.1) is 11.8 Å². The molecule has 1 heterocycles. The molecule has 0 bridgehead atoms. The molecule has 2 aromatic rings. The predicted octanol–water partition coefficient (Wildman–Crippen LogP) is 3.80. The van der Waals surface area contributed by atoms with Crippen LogP contribution >= 0.6 is 15.9 Å². The lowest BCUT2D eigenvalue weighted by Gasteiger charge is -2.25. The Labute approximate surface area is 206 Å². The van der Waals surface area contributed by atoms with E-state index in [9.17, 15) is 19.2 Å². The fraction of sp³-hybridized carbons (Fsp3) is 0.308. The number of nitrogens with one attached hydrogen (secondary N) is 1. The number of likely N-dealkylation sites (tertiary alicyclic amines) is 1.